The van der Waals surface area contributed by atoms with Crippen LogP contribution in [0.3, 0.4) is 0 Å². The minimum Gasteiger partial charge on any atom is -0.496 e. The van der Waals surface area contributed by atoms with Crippen molar-refractivity contribution in [3.05, 3.63) is 58.7 Å². The fourth-order valence-electron chi connectivity index (χ4n) is 4.45. The molecule has 0 aromatic heterocycles. The van der Waals surface area contributed by atoms with Crippen LogP contribution < -0.4 is 9.47 Å². The number of hydrogen-bond acceptors (Lipinski definition) is 3. The van der Waals surface area contributed by atoms with Crippen molar-refractivity contribution in [2.45, 2.75) is 38.0 Å². The highest BCUT2D eigenvalue weighted by Crippen LogP contribution is 2.37. The monoisotopic (exact) mass is 351 g/mol. The molecule has 26 heavy (non-hydrogen) atoms. The molecule has 1 atom stereocenters. The topological polar surface area (TPSA) is 21.7 Å². The molecule has 1 heterocycles. The summed E-state index contributed by atoms with van der Waals surface area (Å²) in [5.74, 6) is 2.77. The molecule has 2 aliphatic rings. The van der Waals surface area contributed by atoms with Crippen molar-refractivity contribution in [2.75, 3.05) is 33.9 Å². The van der Waals surface area contributed by atoms with Crippen molar-refractivity contribution < 1.29 is 9.47 Å². The summed E-state index contributed by atoms with van der Waals surface area (Å²) in [5.41, 5.74) is 5.65. The lowest BCUT2D eigenvalue weighted by Crippen LogP contribution is -2.28. The fourth-order valence-corrected chi connectivity index (χ4v) is 4.45. The van der Waals surface area contributed by atoms with E-state index >= 15 is 0 Å². The molecule has 1 aliphatic heterocycles. The lowest BCUT2D eigenvalue weighted by atomic mass is 9.82. The highest BCUT2D eigenvalue weighted by molar-refractivity contribution is 5.44. The molecule has 138 valence electrons. The largest absolute Gasteiger partial charge is 0.496 e. The molecule has 4 rings (SSSR count). The Morgan fingerprint density at radius 1 is 1.19 bits per heavy atom. The van der Waals surface area contributed by atoms with Gasteiger partial charge in [-0.2, -0.15) is 0 Å². The summed E-state index contributed by atoms with van der Waals surface area (Å²) in [4.78, 5) is 2.48. The molecule has 1 unspecified atom stereocenters. The van der Waals surface area contributed by atoms with E-state index in [9.17, 15) is 0 Å². The van der Waals surface area contributed by atoms with Gasteiger partial charge in [-0.05, 0) is 73.0 Å². The zero-order valence-electron chi connectivity index (χ0n) is 16.0. The maximum absolute atomic E-state index is 5.70. The Morgan fingerprint density at radius 2 is 2.12 bits per heavy atom. The first kappa shape index (κ1) is 17.4. The number of ether oxygens (including phenoxy) is 2. The number of nitrogens with zero attached hydrogens (tertiary/aromatic N) is 1. The van der Waals surface area contributed by atoms with Crippen molar-refractivity contribution in [3.63, 3.8) is 0 Å². The van der Waals surface area contributed by atoms with Gasteiger partial charge in [0, 0.05) is 19.5 Å². The molecule has 0 saturated heterocycles. The molecule has 3 heteroatoms. The van der Waals surface area contributed by atoms with Gasteiger partial charge in [0.15, 0.2) is 0 Å². The van der Waals surface area contributed by atoms with Gasteiger partial charge in [-0.1, -0.05) is 24.3 Å². The van der Waals surface area contributed by atoms with Gasteiger partial charge < -0.3 is 14.4 Å². The summed E-state index contributed by atoms with van der Waals surface area (Å²) in [6.07, 6.45) is 5.81. The van der Waals surface area contributed by atoms with Crippen molar-refractivity contribution in [1.29, 1.82) is 0 Å². The molecule has 3 nitrogen and oxygen atoms in total. The molecular weight excluding hydrogens is 322 g/mol. The number of hydrogen-bond donors (Lipinski definition) is 0. The molecule has 2 aromatic rings. The number of fused-ring (bicyclic) bond motifs is 2. The van der Waals surface area contributed by atoms with Gasteiger partial charge in [0.1, 0.15) is 11.5 Å². The van der Waals surface area contributed by atoms with Crippen LogP contribution in [-0.2, 0) is 19.3 Å². The van der Waals surface area contributed by atoms with Gasteiger partial charge >= 0.3 is 0 Å². The van der Waals surface area contributed by atoms with Crippen LogP contribution in [0.2, 0.25) is 0 Å². The Kier molecular flexibility index (Phi) is 5.16. The minimum atomic E-state index is 0.613. The van der Waals surface area contributed by atoms with Crippen LogP contribution in [0.15, 0.2) is 36.4 Å². The van der Waals surface area contributed by atoms with Gasteiger partial charge in [0.2, 0.25) is 0 Å². The molecule has 1 aliphatic carbocycles. The SMILES string of the molecule is COc1cccc2c1CCCC2CN(C)CCc1ccc2c(c1)OCC2. The highest BCUT2D eigenvalue weighted by atomic mass is 16.5. The summed E-state index contributed by atoms with van der Waals surface area (Å²) in [6, 6.07) is 13.3. The highest BCUT2D eigenvalue weighted by Gasteiger charge is 2.23. The first-order chi connectivity index (χ1) is 12.7. The summed E-state index contributed by atoms with van der Waals surface area (Å²) >= 11 is 0. The van der Waals surface area contributed by atoms with Crippen molar-refractivity contribution >= 4 is 0 Å². The van der Waals surface area contributed by atoms with Gasteiger partial charge in [0.25, 0.3) is 0 Å². The third kappa shape index (κ3) is 3.59. The average molecular weight is 351 g/mol. The Balaban J connectivity index is 1.38. The maximum Gasteiger partial charge on any atom is 0.122 e. The summed E-state index contributed by atoms with van der Waals surface area (Å²) in [7, 11) is 4.03. The predicted molar refractivity (Wildman–Crippen MR) is 106 cm³/mol. The lowest BCUT2D eigenvalue weighted by molar-refractivity contribution is 0.299. The van der Waals surface area contributed by atoms with Gasteiger partial charge in [-0.15, -0.1) is 0 Å². The summed E-state index contributed by atoms with van der Waals surface area (Å²) < 4.78 is 11.3. The van der Waals surface area contributed by atoms with Crippen LogP contribution in [0.5, 0.6) is 11.5 Å². The summed E-state index contributed by atoms with van der Waals surface area (Å²) in [6.45, 7) is 3.03. The Morgan fingerprint density at radius 3 is 3.00 bits per heavy atom. The predicted octanol–water partition coefficient (Wildman–Crippen LogP) is 4.22. The second kappa shape index (κ2) is 7.71. The first-order valence-corrected chi connectivity index (χ1v) is 9.83. The zero-order chi connectivity index (χ0) is 17.9. The summed E-state index contributed by atoms with van der Waals surface area (Å²) in [5, 5.41) is 0. The molecule has 2 aromatic carbocycles. The van der Waals surface area contributed by atoms with Crippen LogP contribution in [0.25, 0.3) is 0 Å². The molecule has 0 amide bonds. The zero-order valence-corrected chi connectivity index (χ0v) is 16.0. The van der Waals surface area contributed by atoms with E-state index in [1.165, 1.54) is 35.1 Å². The number of likely N-dealkylation sites (N-methyl/N-ethyl adjacent to an activating group) is 1. The van der Waals surface area contributed by atoms with Crippen molar-refractivity contribution in [3.8, 4) is 11.5 Å². The minimum absolute atomic E-state index is 0.613. The third-order valence-electron chi connectivity index (χ3n) is 5.88. The molecular formula is C23H29NO2. The van der Waals surface area contributed by atoms with E-state index in [0.717, 1.165) is 50.5 Å². The number of benzene rings is 2. The van der Waals surface area contributed by atoms with E-state index in [0.29, 0.717) is 5.92 Å². The molecule has 0 fully saturated rings. The Bertz CT molecular complexity index is 771. The van der Waals surface area contributed by atoms with Gasteiger partial charge in [-0.25, -0.2) is 0 Å². The van der Waals surface area contributed by atoms with Crippen molar-refractivity contribution in [1.82, 2.24) is 4.90 Å². The van der Waals surface area contributed by atoms with Crippen LogP contribution in [0, 0.1) is 0 Å². The van der Waals surface area contributed by atoms with Crippen LogP contribution in [0.4, 0.5) is 0 Å². The van der Waals surface area contributed by atoms with Crippen LogP contribution in [0.1, 0.15) is 41.0 Å². The second-order valence-electron chi connectivity index (χ2n) is 7.67. The van der Waals surface area contributed by atoms with Crippen molar-refractivity contribution in [2.24, 2.45) is 0 Å². The van der Waals surface area contributed by atoms with E-state index in [-0.39, 0.29) is 0 Å². The molecule has 0 spiro atoms. The van der Waals surface area contributed by atoms with E-state index in [1.807, 2.05) is 0 Å². The standard InChI is InChI=1S/C23H29NO2/c1-24(13-11-17-9-10-18-12-14-26-23(18)15-17)16-19-5-3-7-21-20(19)6-4-8-22(21)25-2/h4,6,8-10,15,19H,3,5,7,11-14,16H2,1-2H3. The smallest absolute Gasteiger partial charge is 0.122 e. The second-order valence-corrected chi connectivity index (χ2v) is 7.67. The average Bonchev–Trinajstić information content (AvgIpc) is 3.14. The van der Waals surface area contributed by atoms with E-state index in [4.69, 9.17) is 9.47 Å². The van der Waals surface area contributed by atoms with Gasteiger partial charge in [0.05, 0.1) is 13.7 Å². The third-order valence-corrected chi connectivity index (χ3v) is 5.88. The van der Waals surface area contributed by atoms with E-state index in [2.05, 4.69) is 48.3 Å². The fraction of sp³-hybridized carbons (Fsp3) is 0.478. The first-order valence-electron chi connectivity index (χ1n) is 9.83. The Hall–Kier alpha value is -2.00. The maximum atomic E-state index is 5.70. The van der Waals surface area contributed by atoms with Gasteiger partial charge in [-0.3, -0.25) is 0 Å². The quantitative estimate of drug-likeness (QED) is 0.778. The molecule has 0 bridgehead atoms. The van der Waals surface area contributed by atoms with Crippen LogP contribution >= 0.6 is 0 Å². The Labute approximate surface area is 156 Å². The normalized spacial score (nSPS) is 18.3. The van der Waals surface area contributed by atoms with E-state index in [1.54, 1.807) is 7.11 Å². The molecule has 0 N–H and O–H groups in total. The number of rotatable bonds is 6. The lowest BCUT2D eigenvalue weighted by Gasteiger charge is -2.30. The van der Waals surface area contributed by atoms with Crippen LogP contribution in [-0.4, -0.2) is 38.8 Å². The van der Waals surface area contributed by atoms with E-state index < -0.39 is 0 Å². The molecule has 0 radical (unpaired) electrons. The number of methoxy groups -OCH3 is 1. The molecule has 0 saturated carbocycles.